The van der Waals surface area contributed by atoms with Crippen LogP contribution in [0, 0.1) is 0 Å². The van der Waals surface area contributed by atoms with Crippen LogP contribution in [0.4, 0.5) is 0 Å². The fraction of sp³-hybridized carbons (Fsp3) is 0.471. The van der Waals surface area contributed by atoms with Crippen molar-refractivity contribution in [3.05, 3.63) is 36.0 Å². The van der Waals surface area contributed by atoms with Gasteiger partial charge in [-0.25, -0.2) is 0 Å². The van der Waals surface area contributed by atoms with E-state index in [0.29, 0.717) is 6.04 Å². The number of H-pyrrole nitrogens is 1. The van der Waals surface area contributed by atoms with Gasteiger partial charge in [-0.15, -0.1) is 0 Å². The fourth-order valence-electron chi connectivity index (χ4n) is 3.12. The monoisotopic (exact) mass is 285 g/mol. The number of piperidine rings is 1. The molecule has 4 heteroatoms. The quantitative estimate of drug-likeness (QED) is 0.907. The van der Waals surface area contributed by atoms with Gasteiger partial charge in [-0.2, -0.15) is 0 Å². The predicted octanol–water partition coefficient (Wildman–Crippen LogP) is 2.77. The lowest BCUT2D eigenvalue weighted by Crippen LogP contribution is -2.45. The highest BCUT2D eigenvalue weighted by atomic mass is 16.2. The summed E-state index contributed by atoms with van der Waals surface area (Å²) in [7, 11) is 0. The fourth-order valence-corrected chi connectivity index (χ4v) is 3.12. The Labute approximate surface area is 125 Å². The molecular formula is C17H23N3O. The highest BCUT2D eigenvalue weighted by Gasteiger charge is 2.22. The summed E-state index contributed by atoms with van der Waals surface area (Å²) in [6.07, 6.45) is 5.51. The lowest BCUT2D eigenvalue weighted by Gasteiger charge is -2.30. The number of nitrogens with zero attached hydrogens (tertiary/aromatic N) is 1. The van der Waals surface area contributed by atoms with Crippen LogP contribution in [0.5, 0.6) is 0 Å². The topological polar surface area (TPSA) is 48.1 Å². The number of hydrogen-bond donors (Lipinski definition) is 2. The van der Waals surface area contributed by atoms with Crippen LogP contribution in [0.15, 0.2) is 30.5 Å². The Bertz CT molecular complexity index is 613. The zero-order chi connectivity index (χ0) is 14.7. The van der Waals surface area contributed by atoms with Crippen molar-refractivity contribution in [2.24, 2.45) is 0 Å². The standard InChI is InChI=1S/C17H23N3O/c1-2-20(12-13-7-5-6-10-18-13)17(21)15-11-19-16-9-4-3-8-14(15)16/h3-4,8-9,11,13,18-19H,2,5-7,10,12H2,1H3. The van der Waals surface area contributed by atoms with E-state index < -0.39 is 0 Å². The molecule has 2 heterocycles. The molecule has 1 saturated heterocycles. The first kappa shape index (κ1) is 14.1. The molecule has 1 unspecified atom stereocenters. The SMILES string of the molecule is CCN(CC1CCCCN1)C(=O)c1c[nH]c2ccccc12. The molecule has 0 spiro atoms. The second-order valence-electron chi connectivity index (χ2n) is 5.74. The molecule has 4 nitrogen and oxygen atoms in total. The van der Waals surface area contributed by atoms with Gasteiger partial charge in [0.25, 0.3) is 5.91 Å². The van der Waals surface area contributed by atoms with E-state index in [4.69, 9.17) is 0 Å². The van der Waals surface area contributed by atoms with Crippen LogP contribution in [0.2, 0.25) is 0 Å². The number of aromatic amines is 1. The largest absolute Gasteiger partial charge is 0.360 e. The average molecular weight is 285 g/mol. The van der Waals surface area contributed by atoms with E-state index in [9.17, 15) is 4.79 Å². The van der Waals surface area contributed by atoms with Crippen molar-refractivity contribution in [2.75, 3.05) is 19.6 Å². The molecule has 1 aliphatic rings. The highest BCUT2D eigenvalue weighted by molar-refractivity contribution is 6.06. The van der Waals surface area contributed by atoms with Crippen LogP contribution < -0.4 is 5.32 Å². The number of aromatic nitrogens is 1. The summed E-state index contributed by atoms with van der Waals surface area (Å²) in [6, 6.07) is 8.41. The van der Waals surface area contributed by atoms with Crippen molar-refractivity contribution in [3.8, 4) is 0 Å². The van der Waals surface area contributed by atoms with Gasteiger partial charge in [-0.3, -0.25) is 4.79 Å². The van der Waals surface area contributed by atoms with Crippen LogP contribution in [0.1, 0.15) is 36.5 Å². The molecular weight excluding hydrogens is 262 g/mol. The summed E-state index contributed by atoms with van der Waals surface area (Å²) in [6.45, 7) is 4.67. The third kappa shape index (κ3) is 2.95. The van der Waals surface area contributed by atoms with Crippen LogP contribution in [-0.2, 0) is 0 Å². The average Bonchev–Trinajstić information content (AvgIpc) is 2.97. The predicted molar refractivity (Wildman–Crippen MR) is 85.5 cm³/mol. The van der Waals surface area contributed by atoms with Crippen molar-refractivity contribution >= 4 is 16.8 Å². The van der Waals surface area contributed by atoms with Gasteiger partial charge in [0.2, 0.25) is 0 Å². The molecule has 3 rings (SSSR count). The number of para-hydroxylation sites is 1. The molecule has 2 N–H and O–H groups in total. The molecule has 1 amide bonds. The van der Waals surface area contributed by atoms with Gasteiger partial charge >= 0.3 is 0 Å². The van der Waals surface area contributed by atoms with Crippen molar-refractivity contribution in [3.63, 3.8) is 0 Å². The van der Waals surface area contributed by atoms with E-state index in [1.54, 1.807) is 0 Å². The maximum absolute atomic E-state index is 12.8. The number of hydrogen-bond acceptors (Lipinski definition) is 2. The van der Waals surface area contributed by atoms with Gasteiger partial charge in [0, 0.05) is 36.2 Å². The van der Waals surface area contributed by atoms with E-state index in [0.717, 1.165) is 42.5 Å². The first-order valence-electron chi connectivity index (χ1n) is 7.88. The van der Waals surface area contributed by atoms with E-state index in [2.05, 4.69) is 17.2 Å². The van der Waals surface area contributed by atoms with Gasteiger partial charge in [0.1, 0.15) is 0 Å². The number of rotatable bonds is 4. The summed E-state index contributed by atoms with van der Waals surface area (Å²) in [4.78, 5) is 17.9. The molecule has 1 atom stereocenters. The molecule has 0 saturated carbocycles. The zero-order valence-electron chi connectivity index (χ0n) is 12.6. The van der Waals surface area contributed by atoms with E-state index in [1.807, 2.05) is 35.4 Å². The highest BCUT2D eigenvalue weighted by Crippen LogP contribution is 2.20. The zero-order valence-corrected chi connectivity index (χ0v) is 12.6. The maximum Gasteiger partial charge on any atom is 0.256 e. The minimum Gasteiger partial charge on any atom is -0.360 e. The Kier molecular flexibility index (Phi) is 4.25. The molecule has 1 fully saturated rings. The molecule has 0 radical (unpaired) electrons. The number of carbonyl (C=O) groups excluding carboxylic acids is 1. The Morgan fingerprint density at radius 1 is 1.33 bits per heavy atom. The molecule has 2 aromatic rings. The number of benzene rings is 1. The third-order valence-electron chi connectivity index (χ3n) is 4.34. The molecule has 21 heavy (non-hydrogen) atoms. The van der Waals surface area contributed by atoms with Gasteiger partial charge in [-0.05, 0) is 32.4 Å². The van der Waals surface area contributed by atoms with E-state index in [1.165, 1.54) is 12.8 Å². The summed E-state index contributed by atoms with van der Waals surface area (Å²) >= 11 is 0. The smallest absolute Gasteiger partial charge is 0.256 e. The molecule has 1 aromatic carbocycles. The number of amides is 1. The number of fused-ring (bicyclic) bond motifs is 1. The van der Waals surface area contributed by atoms with Gasteiger partial charge in [0.15, 0.2) is 0 Å². The molecule has 0 bridgehead atoms. The minimum absolute atomic E-state index is 0.127. The first-order valence-corrected chi connectivity index (χ1v) is 7.88. The Morgan fingerprint density at radius 2 is 2.19 bits per heavy atom. The van der Waals surface area contributed by atoms with Gasteiger partial charge in [-0.1, -0.05) is 24.6 Å². The number of carbonyl (C=O) groups is 1. The Balaban J connectivity index is 1.78. The third-order valence-corrected chi connectivity index (χ3v) is 4.34. The Morgan fingerprint density at radius 3 is 2.95 bits per heavy atom. The van der Waals surface area contributed by atoms with Crippen LogP contribution in [-0.4, -0.2) is 41.5 Å². The normalized spacial score (nSPS) is 18.8. The second kappa shape index (κ2) is 6.31. The van der Waals surface area contributed by atoms with Gasteiger partial charge < -0.3 is 15.2 Å². The molecule has 1 aromatic heterocycles. The van der Waals surface area contributed by atoms with E-state index >= 15 is 0 Å². The van der Waals surface area contributed by atoms with Crippen LogP contribution in [0.3, 0.4) is 0 Å². The molecule has 112 valence electrons. The molecule has 1 aliphatic heterocycles. The molecule has 0 aliphatic carbocycles. The summed E-state index contributed by atoms with van der Waals surface area (Å²) < 4.78 is 0. The van der Waals surface area contributed by atoms with Crippen molar-refractivity contribution < 1.29 is 4.79 Å². The number of likely N-dealkylation sites (N-methyl/N-ethyl adjacent to an activating group) is 1. The van der Waals surface area contributed by atoms with Crippen molar-refractivity contribution in [2.45, 2.75) is 32.2 Å². The van der Waals surface area contributed by atoms with Gasteiger partial charge in [0.05, 0.1) is 5.56 Å². The lowest BCUT2D eigenvalue weighted by atomic mass is 10.0. The summed E-state index contributed by atoms with van der Waals surface area (Å²) in [5.41, 5.74) is 1.80. The maximum atomic E-state index is 12.8. The van der Waals surface area contributed by atoms with Crippen LogP contribution in [0.25, 0.3) is 10.9 Å². The summed E-state index contributed by atoms with van der Waals surface area (Å²) in [5.74, 6) is 0.127. The van der Waals surface area contributed by atoms with Crippen LogP contribution >= 0.6 is 0 Å². The summed E-state index contributed by atoms with van der Waals surface area (Å²) in [5, 5.41) is 4.53. The Hall–Kier alpha value is -1.81. The van der Waals surface area contributed by atoms with E-state index in [-0.39, 0.29) is 5.91 Å². The minimum atomic E-state index is 0.127. The first-order chi connectivity index (χ1) is 10.3. The lowest BCUT2D eigenvalue weighted by molar-refractivity contribution is 0.0743. The number of nitrogens with one attached hydrogen (secondary N) is 2. The second-order valence-corrected chi connectivity index (χ2v) is 5.74. The van der Waals surface area contributed by atoms with Crippen molar-refractivity contribution in [1.29, 1.82) is 0 Å². The van der Waals surface area contributed by atoms with Crippen molar-refractivity contribution in [1.82, 2.24) is 15.2 Å².